The molecule has 4 rings (SSSR count). The fourth-order valence-electron chi connectivity index (χ4n) is 2.91. The summed E-state index contributed by atoms with van der Waals surface area (Å²) in [7, 11) is 0. The molecule has 0 aromatic carbocycles. The molecule has 4 heterocycles. The maximum Gasteiger partial charge on any atom is 0.214 e. The molecular weight excluding hydrogens is 294 g/mol. The van der Waals surface area contributed by atoms with Crippen LogP contribution in [-0.2, 0) is 0 Å². The monoisotopic (exact) mass is 313 g/mol. The molecule has 6 heteroatoms. The molecule has 0 radical (unpaired) electrons. The summed E-state index contributed by atoms with van der Waals surface area (Å²) in [5, 5.41) is 5.83. The minimum Gasteiger partial charge on any atom is -0.347 e. The SMILES string of the molecule is c1cncc(-c2cn3nc(N4CCCCCCC4)sc3n2)c1. The molecule has 1 fully saturated rings. The Kier molecular flexibility index (Phi) is 3.76. The molecule has 0 bridgehead atoms. The van der Waals surface area contributed by atoms with Gasteiger partial charge in [0, 0.05) is 31.0 Å². The van der Waals surface area contributed by atoms with Crippen molar-refractivity contribution in [2.75, 3.05) is 18.0 Å². The molecule has 0 saturated carbocycles. The summed E-state index contributed by atoms with van der Waals surface area (Å²) in [6, 6.07) is 3.96. The van der Waals surface area contributed by atoms with Gasteiger partial charge in [0.2, 0.25) is 10.1 Å². The first-order valence-corrected chi connectivity index (χ1v) is 8.73. The summed E-state index contributed by atoms with van der Waals surface area (Å²) in [6.07, 6.45) is 12.2. The number of hydrogen-bond donors (Lipinski definition) is 0. The number of pyridine rings is 1. The first kappa shape index (κ1) is 13.7. The van der Waals surface area contributed by atoms with Gasteiger partial charge in [0.05, 0.1) is 11.9 Å². The molecule has 0 atom stereocenters. The molecule has 0 aliphatic carbocycles. The summed E-state index contributed by atoms with van der Waals surface area (Å²) in [5.41, 5.74) is 1.97. The third-order valence-corrected chi connectivity index (χ3v) is 5.10. The summed E-state index contributed by atoms with van der Waals surface area (Å²) in [4.78, 5) is 12.2. The number of hydrogen-bond acceptors (Lipinski definition) is 5. The van der Waals surface area contributed by atoms with Crippen molar-refractivity contribution in [2.45, 2.75) is 32.1 Å². The van der Waals surface area contributed by atoms with E-state index in [9.17, 15) is 0 Å². The topological polar surface area (TPSA) is 46.3 Å². The number of fused-ring (bicyclic) bond motifs is 1. The van der Waals surface area contributed by atoms with Gasteiger partial charge in [-0.05, 0) is 25.0 Å². The van der Waals surface area contributed by atoms with Crippen LogP contribution in [0.1, 0.15) is 32.1 Å². The Labute approximate surface area is 133 Å². The van der Waals surface area contributed by atoms with E-state index in [1.54, 1.807) is 17.5 Å². The minimum atomic E-state index is 0.936. The highest BCUT2D eigenvalue weighted by molar-refractivity contribution is 7.20. The van der Waals surface area contributed by atoms with Crippen LogP contribution >= 0.6 is 11.3 Å². The van der Waals surface area contributed by atoms with Crippen LogP contribution in [0.3, 0.4) is 0 Å². The van der Waals surface area contributed by atoms with Gasteiger partial charge in [0.15, 0.2) is 0 Å². The molecule has 5 nitrogen and oxygen atoms in total. The highest BCUT2D eigenvalue weighted by Crippen LogP contribution is 2.27. The fourth-order valence-corrected chi connectivity index (χ4v) is 3.84. The van der Waals surface area contributed by atoms with Crippen molar-refractivity contribution in [3.8, 4) is 11.3 Å². The lowest BCUT2D eigenvalue weighted by atomic mass is 10.1. The number of nitrogens with zero attached hydrogens (tertiary/aromatic N) is 5. The van der Waals surface area contributed by atoms with Gasteiger partial charge in [-0.25, -0.2) is 9.50 Å². The third kappa shape index (κ3) is 2.70. The number of aromatic nitrogens is 4. The highest BCUT2D eigenvalue weighted by Gasteiger charge is 2.15. The second-order valence-corrected chi connectivity index (χ2v) is 6.67. The summed E-state index contributed by atoms with van der Waals surface area (Å²) in [6.45, 7) is 2.23. The normalized spacial score (nSPS) is 16.6. The summed E-state index contributed by atoms with van der Waals surface area (Å²) < 4.78 is 1.90. The van der Waals surface area contributed by atoms with Crippen LogP contribution in [0.25, 0.3) is 16.2 Å². The van der Waals surface area contributed by atoms with Crippen molar-refractivity contribution >= 4 is 21.4 Å². The lowest BCUT2D eigenvalue weighted by Crippen LogP contribution is -2.26. The molecule has 1 saturated heterocycles. The van der Waals surface area contributed by atoms with Crippen molar-refractivity contribution in [1.29, 1.82) is 0 Å². The zero-order valence-electron chi connectivity index (χ0n) is 12.5. The lowest BCUT2D eigenvalue weighted by Gasteiger charge is -2.23. The zero-order chi connectivity index (χ0) is 14.8. The Bertz CT molecular complexity index is 709. The maximum atomic E-state index is 4.73. The number of imidazole rings is 1. The van der Waals surface area contributed by atoms with Crippen LogP contribution in [0.2, 0.25) is 0 Å². The molecule has 0 N–H and O–H groups in total. The average molecular weight is 313 g/mol. The predicted octanol–water partition coefficient (Wildman–Crippen LogP) is 3.62. The molecule has 0 amide bonds. The predicted molar refractivity (Wildman–Crippen MR) is 89.4 cm³/mol. The van der Waals surface area contributed by atoms with Gasteiger partial charge in [-0.3, -0.25) is 4.98 Å². The third-order valence-electron chi connectivity index (χ3n) is 4.12. The van der Waals surface area contributed by atoms with E-state index in [-0.39, 0.29) is 0 Å². The van der Waals surface area contributed by atoms with Crippen LogP contribution in [-0.4, -0.2) is 32.7 Å². The molecule has 1 aliphatic heterocycles. The Morgan fingerprint density at radius 1 is 1.05 bits per heavy atom. The Morgan fingerprint density at radius 2 is 1.86 bits per heavy atom. The summed E-state index contributed by atoms with van der Waals surface area (Å²) in [5.74, 6) is 0. The maximum absolute atomic E-state index is 4.73. The van der Waals surface area contributed by atoms with Crippen LogP contribution in [0.15, 0.2) is 30.7 Å². The number of anilines is 1. The Morgan fingerprint density at radius 3 is 2.59 bits per heavy atom. The van der Waals surface area contributed by atoms with Crippen molar-refractivity contribution in [2.24, 2.45) is 0 Å². The van der Waals surface area contributed by atoms with E-state index in [0.29, 0.717) is 0 Å². The van der Waals surface area contributed by atoms with Gasteiger partial charge in [-0.1, -0.05) is 30.6 Å². The van der Waals surface area contributed by atoms with Gasteiger partial charge in [0.1, 0.15) is 0 Å². The second kappa shape index (κ2) is 6.04. The minimum absolute atomic E-state index is 0.936. The van der Waals surface area contributed by atoms with Crippen LogP contribution < -0.4 is 4.90 Å². The Hall–Kier alpha value is -1.95. The van der Waals surface area contributed by atoms with Crippen molar-refractivity contribution in [3.63, 3.8) is 0 Å². The lowest BCUT2D eigenvalue weighted by molar-refractivity contribution is 0.554. The molecule has 114 valence electrons. The van der Waals surface area contributed by atoms with Gasteiger partial charge in [-0.15, -0.1) is 5.10 Å². The van der Waals surface area contributed by atoms with E-state index < -0.39 is 0 Å². The van der Waals surface area contributed by atoms with Gasteiger partial charge >= 0.3 is 0 Å². The van der Waals surface area contributed by atoms with E-state index in [2.05, 4.69) is 9.88 Å². The van der Waals surface area contributed by atoms with Gasteiger partial charge < -0.3 is 4.90 Å². The quantitative estimate of drug-likeness (QED) is 0.725. The van der Waals surface area contributed by atoms with Crippen molar-refractivity contribution < 1.29 is 0 Å². The Balaban J connectivity index is 1.60. The van der Waals surface area contributed by atoms with Crippen molar-refractivity contribution in [1.82, 2.24) is 19.6 Å². The fraction of sp³-hybridized carbons (Fsp3) is 0.438. The molecule has 22 heavy (non-hydrogen) atoms. The molecule has 0 spiro atoms. The smallest absolute Gasteiger partial charge is 0.214 e. The van der Waals surface area contributed by atoms with Gasteiger partial charge in [-0.2, -0.15) is 0 Å². The van der Waals surface area contributed by atoms with Crippen molar-refractivity contribution in [3.05, 3.63) is 30.7 Å². The zero-order valence-corrected chi connectivity index (χ0v) is 13.3. The largest absolute Gasteiger partial charge is 0.347 e. The summed E-state index contributed by atoms with van der Waals surface area (Å²) >= 11 is 1.68. The van der Waals surface area contributed by atoms with E-state index >= 15 is 0 Å². The molecular formula is C16H19N5S. The van der Waals surface area contributed by atoms with E-state index in [1.165, 1.54) is 32.1 Å². The highest BCUT2D eigenvalue weighted by atomic mass is 32.1. The molecule has 1 aliphatic rings. The van der Waals surface area contributed by atoms with E-state index in [0.717, 1.165) is 34.4 Å². The first-order valence-electron chi connectivity index (χ1n) is 7.92. The van der Waals surface area contributed by atoms with Gasteiger partial charge in [0.25, 0.3) is 0 Å². The molecule has 3 aromatic rings. The standard InChI is InChI=1S/C16H19N5S/c1-2-4-9-20(10-5-3-1)16-19-21-12-14(18-15(21)22-16)13-7-6-8-17-11-13/h6-8,11-12H,1-5,9-10H2. The van der Waals surface area contributed by atoms with Crippen LogP contribution in [0, 0.1) is 0 Å². The van der Waals surface area contributed by atoms with Crippen LogP contribution in [0.5, 0.6) is 0 Å². The average Bonchev–Trinajstić information content (AvgIpc) is 3.06. The number of rotatable bonds is 2. The van der Waals surface area contributed by atoms with E-state index in [1.807, 2.05) is 29.0 Å². The second-order valence-electron chi connectivity index (χ2n) is 5.73. The van der Waals surface area contributed by atoms with Crippen LogP contribution in [0.4, 0.5) is 5.13 Å². The first-order chi connectivity index (χ1) is 10.9. The van der Waals surface area contributed by atoms with E-state index in [4.69, 9.17) is 10.1 Å². The molecule has 0 unspecified atom stereocenters. The molecule has 3 aromatic heterocycles.